The molecule has 0 aliphatic heterocycles. The molecule has 4 nitrogen and oxygen atoms in total. The summed E-state index contributed by atoms with van der Waals surface area (Å²) in [6, 6.07) is 20.6. The molecule has 26 heavy (non-hydrogen) atoms. The largest absolute Gasteiger partial charge is 0.454 e. The molecular formula is C22H23N3O. The van der Waals surface area contributed by atoms with Gasteiger partial charge in [-0.1, -0.05) is 55.5 Å². The van der Waals surface area contributed by atoms with E-state index in [-0.39, 0.29) is 0 Å². The van der Waals surface area contributed by atoms with E-state index in [0.717, 1.165) is 42.1 Å². The third-order valence-electron chi connectivity index (χ3n) is 4.66. The van der Waals surface area contributed by atoms with Crippen LogP contribution in [-0.2, 0) is 13.1 Å². The molecule has 0 amide bonds. The lowest BCUT2D eigenvalue weighted by molar-refractivity contribution is 0.346. The standard InChI is InChI=1S/C22H23N3O/c1-3-24(2)15-19-16-25(14-17-9-5-4-6-10-17)23-22(19)21-13-18-11-7-8-12-20(18)26-21/h4-13,16H,3,14-15H2,1-2H3. The van der Waals surface area contributed by atoms with Crippen molar-refractivity contribution in [1.82, 2.24) is 14.7 Å². The van der Waals surface area contributed by atoms with Crippen LogP contribution in [0.25, 0.3) is 22.4 Å². The molecule has 4 rings (SSSR count). The van der Waals surface area contributed by atoms with Gasteiger partial charge in [0.15, 0.2) is 5.76 Å². The molecule has 0 radical (unpaired) electrons. The van der Waals surface area contributed by atoms with Crippen molar-refractivity contribution < 1.29 is 4.42 Å². The molecule has 4 aromatic rings. The Labute approximate surface area is 153 Å². The van der Waals surface area contributed by atoms with Crippen molar-refractivity contribution in [2.24, 2.45) is 0 Å². The van der Waals surface area contributed by atoms with Crippen LogP contribution in [0.4, 0.5) is 0 Å². The zero-order valence-electron chi connectivity index (χ0n) is 15.2. The zero-order chi connectivity index (χ0) is 17.9. The lowest BCUT2D eigenvalue weighted by Crippen LogP contribution is -2.16. The molecule has 0 bridgehead atoms. The number of fused-ring (bicyclic) bond motifs is 1. The monoisotopic (exact) mass is 345 g/mol. The topological polar surface area (TPSA) is 34.2 Å². The normalized spacial score (nSPS) is 11.5. The minimum atomic E-state index is 0.754. The molecule has 2 heterocycles. The van der Waals surface area contributed by atoms with E-state index in [0.29, 0.717) is 0 Å². The van der Waals surface area contributed by atoms with E-state index in [1.807, 2.05) is 28.9 Å². The van der Waals surface area contributed by atoms with Crippen LogP contribution in [0.3, 0.4) is 0 Å². The highest BCUT2D eigenvalue weighted by atomic mass is 16.3. The Morgan fingerprint density at radius 1 is 1.04 bits per heavy atom. The molecule has 0 unspecified atom stereocenters. The van der Waals surface area contributed by atoms with Gasteiger partial charge in [0.25, 0.3) is 0 Å². The summed E-state index contributed by atoms with van der Waals surface area (Å²) < 4.78 is 8.09. The number of para-hydroxylation sites is 1. The van der Waals surface area contributed by atoms with Crippen molar-refractivity contribution in [3.05, 3.63) is 78.0 Å². The van der Waals surface area contributed by atoms with Gasteiger partial charge in [-0.05, 0) is 31.3 Å². The van der Waals surface area contributed by atoms with Gasteiger partial charge in [-0.15, -0.1) is 0 Å². The van der Waals surface area contributed by atoms with E-state index in [4.69, 9.17) is 9.52 Å². The summed E-state index contributed by atoms with van der Waals surface area (Å²) >= 11 is 0. The maximum Gasteiger partial charge on any atom is 0.156 e. The maximum atomic E-state index is 6.08. The SMILES string of the molecule is CCN(C)Cc1cn(Cc2ccccc2)nc1-c1cc2ccccc2o1. The van der Waals surface area contributed by atoms with Crippen LogP contribution in [0.5, 0.6) is 0 Å². The zero-order valence-corrected chi connectivity index (χ0v) is 15.2. The summed E-state index contributed by atoms with van der Waals surface area (Å²) in [5.74, 6) is 0.831. The van der Waals surface area contributed by atoms with E-state index in [1.54, 1.807) is 0 Å². The van der Waals surface area contributed by atoms with Crippen molar-refractivity contribution in [3.63, 3.8) is 0 Å². The highest BCUT2D eigenvalue weighted by Crippen LogP contribution is 2.29. The van der Waals surface area contributed by atoms with Crippen molar-refractivity contribution in [3.8, 4) is 11.5 Å². The van der Waals surface area contributed by atoms with Crippen molar-refractivity contribution >= 4 is 11.0 Å². The summed E-state index contributed by atoms with van der Waals surface area (Å²) in [7, 11) is 2.12. The maximum absolute atomic E-state index is 6.08. The average molecular weight is 345 g/mol. The lowest BCUT2D eigenvalue weighted by Gasteiger charge is -2.12. The molecule has 0 fully saturated rings. The van der Waals surface area contributed by atoms with Gasteiger partial charge < -0.3 is 9.32 Å². The number of nitrogens with zero attached hydrogens (tertiary/aromatic N) is 3. The van der Waals surface area contributed by atoms with Gasteiger partial charge in [0.2, 0.25) is 0 Å². The minimum Gasteiger partial charge on any atom is -0.454 e. The first-order chi connectivity index (χ1) is 12.7. The predicted molar refractivity (Wildman–Crippen MR) is 105 cm³/mol. The smallest absolute Gasteiger partial charge is 0.156 e. The number of hydrogen-bond acceptors (Lipinski definition) is 3. The van der Waals surface area contributed by atoms with Crippen LogP contribution in [0.2, 0.25) is 0 Å². The molecule has 0 saturated heterocycles. The van der Waals surface area contributed by atoms with Crippen LogP contribution in [0, 0.1) is 0 Å². The van der Waals surface area contributed by atoms with Gasteiger partial charge in [-0.3, -0.25) is 4.68 Å². The highest BCUT2D eigenvalue weighted by molar-refractivity contribution is 5.82. The summed E-state index contributed by atoms with van der Waals surface area (Å²) in [6.45, 7) is 4.75. The third kappa shape index (κ3) is 3.41. The Bertz CT molecular complexity index is 968. The molecule has 0 aliphatic carbocycles. The average Bonchev–Trinajstić information content (AvgIpc) is 3.26. The molecule has 132 valence electrons. The second-order valence-corrected chi connectivity index (χ2v) is 6.67. The van der Waals surface area contributed by atoms with Gasteiger partial charge in [0.05, 0.1) is 6.54 Å². The fraction of sp³-hybridized carbons (Fsp3) is 0.227. The van der Waals surface area contributed by atoms with Crippen molar-refractivity contribution in [1.29, 1.82) is 0 Å². The molecule has 0 saturated carbocycles. The molecule has 0 aliphatic rings. The van der Waals surface area contributed by atoms with E-state index < -0.39 is 0 Å². The quantitative estimate of drug-likeness (QED) is 0.503. The number of hydrogen-bond donors (Lipinski definition) is 0. The number of aromatic nitrogens is 2. The highest BCUT2D eigenvalue weighted by Gasteiger charge is 2.16. The molecule has 2 aromatic heterocycles. The Morgan fingerprint density at radius 2 is 1.81 bits per heavy atom. The van der Waals surface area contributed by atoms with Crippen LogP contribution in [0.15, 0.2) is 71.3 Å². The van der Waals surface area contributed by atoms with Gasteiger partial charge in [-0.25, -0.2) is 0 Å². The summed E-state index contributed by atoms with van der Waals surface area (Å²) in [5.41, 5.74) is 4.25. The molecule has 2 aromatic carbocycles. The summed E-state index contributed by atoms with van der Waals surface area (Å²) in [6.07, 6.45) is 2.14. The van der Waals surface area contributed by atoms with Crippen LogP contribution in [0.1, 0.15) is 18.1 Å². The Hall–Kier alpha value is -2.85. The predicted octanol–water partition coefficient (Wildman–Crippen LogP) is 4.80. The minimum absolute atomic E-state index is 0.754. The van der Waals surface area contributed by atoms with Gasteiger partial charge in [-0.2, -0.15) is 5.10 Å². The second-order valence-electron chi connectivity index (χ2n) is 6.67. The lowest BCUT2D eigenvalue weighted by atomic mass is 10.2. The number of benzene rings is 2. The molecule has 0 atom stereocenters. The van der Waals surface area contributed by atoms with E-state index in [1.165, 1.54) is 11.1 Å². The third-order valence-corrected chi connectivity index (χ3v) is 4.66. The fourth-order valence-corrected chi connectivity index (χ4v) is 3.14. The molecule has 0 spiro atoms. The van der Waals surface area contributed by atoms with E-state index >= 15 is 0 Å². The van der Waals surface area contributed by atoms with Crippen LogP contribution < -0.4 is 0 Å². The van der Waals surface area contributed by atoms with E-state index in [9.17, 15) is 0 Å². The molecule has 0 N–H and O–H groups in total. The second kappa shape index (κ2) is 7.18. The number of rotatable bonds is 6. The first-order valence-corrected chi connectivity index (χ1v) is 9.00. The first-order valence-electron chi connectivity index (χ1n) is 9.00. The fourth-order valence-electron chi connectivity index (χ4n) is 3.14. The molecular weight excluding hydrogens is 322 g/mol. The Morgan fingerprint density at radius 3 is 2.58 bits per heavy atom. The summed E-state index contributed by atoms with van der Waals surface area (Å²) in [5, 5.41) is 5.96. The van der Waals surface area contributed by atoms with Crippen LogP contribution in [-0.4, -0.2) is 28.3 Å². The van der Waals surface area contributed by atoms with Gasteiger partial charge in [0, 0.05) is 23.7 Å². The van der Waals surface area contributed by atoms with Gasteiger partial charge >= 0.3 is 0 Å². The van der Waals surface area contributed by atoms with Crippen LogP contribution >= 0.6 is 0 Å². The Balaban J connectivity index is 1.73. The first kappa shape index (κ1) is 16.6. The number of furan rings is 1. The van der Waals surface area contributed by atoms with Gasteiger partial charge in [0.1, 0.15) is 11.3 Å². The summed E-state index contributed by atoms with van der Waals surface area (Å²) in [4.78, 5) is 2.27. The van der Waals surface area contributed by atoms with E-state index in [2.05, 4.69) is 61.5 Å². The van der Waals surface area contributed by atoms with Crippen molar-refractivity contribution in [2.45, 2.75) is 20.0 Å². The molecule has 4 heteroatoms. The van der Waals surface area contributed by atoms with Crippen molar-refractivity contribution in [2.75, 3.05) is 13.6 Å². The Kier molecular flexibility index (Phi) is 4.59.